The van der Waals surface area contributed by atoms with E-state index in [0.717, 1.165) is 25.7 Å². The van der Waals surface area contributed by atoms with E-state index < -0.39 is 24.6 Å². The summed E-state index contributed by atoms with van der Waals surface area (Å²) >= 11 is 0. The lowest BCUT2D eigenvalue weighted by molar-refractivity contribution is -0.0844. The first kappa shape index (κ1) is 23.1. The predicted octanol–water partition coefficient (Wildman–Crippen LogP) is 4.14. The van der Waals surface area contributed by atoms with Crippen LogP contribution in [0.2, 0.25) is 0 Å². The molecule has 1 aliphatic carbocycles. The number of alkyl halides is 2. The number of carbonyl (C=O) groups is 1. The summed E-state index contributed by atoms with van der Waals surface area (Å²) in [5.41, 5.74) is 0.793. The molecule has 0 saturated heterocycles. The van der Waals surface area contributed by atoms with Crippen molar-refractivity contribution in [3.05, 3.63) is 53.3 Å². The number of hydrogen-bond acceptors (Lipinski definition) is 6. The molecule has 33 heavy (non-hydrogen) atoms. The number of aromatic carboxylic acids is 1. The lowest BCUT2D eigenvalue weighted by atomic mass is 10.0. The number of halogens is 2. The SMILES string of the molecule is COc1cc([C@@H](O)[C@H](Cn2cc3nccc(C(=O)O)c3n2)OC2CCCC2)ccc1C(F)F. The summed E-state index contributed by atoms with van der Waals surface area (Å²) in [5, 5.41) is 24.9. The average Bonchev–Trinajstić information content (AvgIpc) is 3.46. The first-order valence-electron chi connectivity index (χ1n) is 10.7. The second-order valence-corrected chi connectivity index (χ2v) is 8.08. The fraction of sp³-hybridized carbons (Fsp3) is 0.435. The van der Waals surface area contributed by atoms with E-state index in [1.807, 2.05) is 0 Å². The second kappa shape index (κ2) is 9.80. The zero-order valence-electron chi connectivity index (χ0n) is 18.0. The Morgan fingerprint density at radius 1 is 1.27 bits per heavy atom. The number of fused-ring (bicyclic) bond motifs is 1. The highest BCUT2D eigenvalue weighted by Gasteiger charge is 2.29. The van der Waals surface area contributed by atoms with Crippen molar-refractivity contribution in [3.8, 4) is 5.75 Å². The van der Waals surface area contributed by atoms with Gasteiger partial charge in [-0.2, -0.15) is 5.10 Å². The summed E-state index contributed by atoms with van der Waals surface area (Å²) in [6.45, 7) is 0.117. The van der Waals surface area contributed by atoms with Crippen LogP contribution in [0.3, 0.4) is 0 Å². The molecule has 8 nitrogen and oxygen atoms in total. The third-order valence-corrected chi connectivity index (χ3v) is 5.91. The summed E-state index contributed by atoms with van der Waals surface area (Å²) in [6, 6.07) is 5.43. The Morgan fingerprint density at radius 3 is 2.70 bits per heavy atom. The van der Waals surface area contributed by atoms with Gasteiger partial charge in [-0.25, -0.2) is 13.6 Å². The molecule has 1 aliphatic rings. The van der Waals surface area contributed by atoms with Crippen LogP contribution in [0.15, 0.2) is 36.7 Å². The van der Waals surface area contributed by atoms with Gasteiger partial charge in [0.25, 0.3) is 6.43 Å². The summed E-state index contributed by atoms with van der Waals surface area (Å²) < 4.78 is 39.3. The van der Waals surface area contributed by atoms with Gasteiger partial charge in [-0.05, 0) is 36.6 Å². The molecular weight excluding hydrogens is 436 g/mol. The molecule has 0 spiro atoms. The number of aliphatic hydroxyl groups is 1. The Kier molecular flexibility index (Phi) is 6.85. The monoisotopic (exact) mass is 461 g/mol. The fourth-order valence-corrected chi connectivity index (χ4v) is 4.21. The van der Waals surface area contributed by atoms with Crippen LogP contribution in [0.1, 0.15) is 59.7 Å². The first-order chi connectivity index (χ1) is 15.9. The zero-order chi connectivity index (χ0) is 23.5. The number of methoxy groups -OCH3 is 1. The number of ether oxygens (including phenoxy) is 2. The summed E-state index contributed by atoms with van der Waals surface area (Å²) in [7, 11) is 1.30. The average molecular weight is 461 g/mol. The van der Waals surface area contributed by atoms with Crippen LogP contribution in [0.5, 0.6) is 5.75 Å². The maximum Gasteiger partial charge on any atom is 0.338 e. The Balaban J connectivity index is 1.65. The second-order valence-electron chi connectivity index (χ2n) is 8.08. The molecule has 10 heteroatoms. The largest absolute Gasteiger partial charge is 0.496 e. The number of pyridine rings is 1. The van der Waals surface area contributed by atoms with E-state index in [1.54, 1.807) is 6.20 Å². The normalized spacial score (nSPS) is 16.4. The molecule has 4 rings (SSSR count). The summed E-state index contributed by atoms with van der Waals surface area (Å²) in [6.07, 6.45) is 2.14. The fourth-order valence-electron chi connectivity index (χ4n) is 4.21. The van der Waals surface area contributed by atoms with Crippen LogP contribution in [0.25, 0.3) is 11.0 Å². The van der Waals surface area contributed by atoms with Gasteiger partial charge in [-0.3, -0.25) is 9.67 Å². The van der Waals surface area contributed by atoms with Crippen molar-refractivity contribution in [3.63, 3.8) is 0 Å². The molecule has 0 unspecified atom stereocenters. The third kappa shape index (κ3) is 4.96. The molecule has 1 fully saturated rings. The van der Waals surface area contributed by atoms with E-state index in [9.17, 15) is 23.8 Å². The molecule has 0 radical (unpaired) electrons. The third-order valence-electron chi connectivity index (χ3n) is 5.91. The molecule has 1 saturated carbocycles. The number of carboxylic acid groups (broad SMARTS) is 1. The summed E-state index contributed by atoms with van der Waals surface area (Å²) in [5.74, 6) is -1.13. The molecule has 0 bridgehead atoms. The molecule has 3 aromatic rings. The van der Waals surface area contributed by atoms with Crippen LogP contribution < -0.4 is 4.74 Å². The standard InChI is InChI=1S/C23H25F2N3O5/c1-32-18-10-13(6-7-15(18)22(24)25)21(29)19(33-14-4-2-3-5-14)12-28-11-17-20(27-28)16(23(30)31)8-9-26-17/h6-11,14,19,21-22,29H,2-5,12H2,1H3,(H,30,31)/t19-,21+/m0/s1. The predicted molar refractivity (Wildman–Crippen MR) is 115 cm³/mol. The van der Waals surface area contributed by atoms with E-state index in [2.05, 4.69) is 10.1 Å². The van der Waals surface area contributed by atoms with Crippen molar-refractivity contribution < 1.29 is 33.3 Å². The van der Waals surface area contributed by atoms with Crippen molar-refractivity contribution in [2.45, 2.75) is 57.0 Å². The summed E-state index contributed by atoms with van der Waals surface area (Å²) in [4.78, 5) is 15.7. The molecule has 2 N–H and O–H groups in total. The van der Waals surface area contributed by atoms with Crippen LogP contribution in [-0.4, -0.2) is 50.3 Å². The van der Waals surface area contributed by atoms with Crippen molar-refractivity contribution in [1.82, 2.24) is 14.8 Å². The number of carboxylic acids is 1. The van der Waals surface area contributed by atoms with E-state index in [4.69, 9.17) is 9.47 Å². The van der Waals surface area contributed by atoms with Crippen LogP contribution >= 0.6 is 0 Å². The molecule has 2 aromatic heterocycles. The number of aliphatic hydroxyl groups excluding tert-OH is 1. The Labute approximate surface area is 188 Å². The topological polar surface area (TPSA) is 107 Å². The van der Waals surface area contributed by atoms with Crippen LogP contribution in [0.4, 0.5) is 8.78 Å². The van der Waals surface area contributed by atoms with Gasteiger partial charge in [0.2, 0.25) is 0 Å². The Morgan fingerprint density at radius 2 is 2.03 bits per heavy atom. The van der Waals surface area contributed by atoms with Gasteiger partial charge < -0.3 is 19.7 Å². The lowest BCUT2D eigenvalue weighted by Crippen LogP contribution is -2.31. The van der Waals surface area contributed by atoms with E-state index >= 15 is 0 Å². The highest BCUT2D eigenvalue weighted by Crippen LogP contribution is 2.34. The number of aromatic nitrogens is 3. The first-order valence-corrected chi connectivity index (χ1v) is 10.7. The van der Waals surface area contributed by atoms with Crippen LogP contribution in [-0.2, 0) is 11.3 Å². The minimum Gasteiger partial charge on any atom is -0.496 e. The number of rotatable bonds is 9. The van der Waals surface area contributed by atoms with E-state index in [1.165, 1.54) is 42.3 Å². The maximum atomic E-state index is 13.2. The molecular formula is C23H25F2N3O5. The van der Waals surface area contributed by atoms with Crippen molar-refractivity contribution >= 4 is 17.0 Å². The minimum absolute atomic E-state index is 0.0127. The maximum absolute atomic E-state index is 13.2. The van der Waals surface area contributed by atoms with Gasteiger partial charge in [-0.1, -0.05) is 18.9 Å². The smallest absolute Gasteiger partial charge is 0.338 e. The van der Waals surface area contributed by atoms with Gasteiger partial charge in [0.1, 0.15) is 29.0 Å². The molecule has 176 valence electrons. The quantitative estimate of drug-likeness (QED) is 0.493. The molecule has 1 aromatic carbocycles. The van der Waals surface area contributed by atoms with Gasteiger partial charge in [0.15, 0.2) is 0 Å². The molecule has 0 amide bonds. The highest BCUT2D eigenvalue weighted by atomic mass is 19.3. The Bertz CT molecular complexity index is 1130. The Hall–Kier alpha value is -3.11. The van der Waals surface area contributed by atoms with Crippen molar-refractivity contribution in [2.75, 3.05) is 7.11 Å². The van der Waals surface area contributed by atoms with Gasteiger partial charge >= 0.3 is 5.97 Å². The van der Waals surface area contributed by atoms with E-state index in [0.29, 0.717) is 11.1 Å². The van der Waals surface area contributed by atoms with Gasteiger partial charge in [-0.15, -0.1) is 0 Å². The van der Waals surface area contributed by atoms with E-state index in [-0.39, 0.29) is 35.0 Å². The number of hydrogen-bond donors (Lipinski definition) is 2. The number of benzene rings is 1. The van der Waals surface area contributed by atoms with Crippen molar-refractivity contribution in [1.29, 1.82) is 0 Å². The molecule has 2 atom stereocenters. The van der Waals surface area contributed by atoms with Gasteiger partial charge in [0.05, 0.1) is 37.1 Å². The van der Waals surface area contributed by atoms with Crippen molar-refractivity contribution in [2.24, 2.45) is 0 Å². The minimum atomic E-state index is -2.70. The lowest BCUT2D eigenvalue weighted by Gasteiger charge is -2.27. The zero-order valence-corrected chi connectivity index (χ0v) is 18.0. The highest BCUT2D eigenvalue weighted by molar-refractivity contribution is 6.00. The molecule has 2 heterocycles. The number of nitrogens with zero attached hydrogens (tertiary/aromatic N) is 3. The molecule has 0 aliphatic heterocycles. The van der Waals surface area contributed by atoms with Crippen LogP contribution in [0, 0.1) is 0 Å². The van der Waals surface area contributed by atoms with Gasteiger partial charge in [0, 0.05) is 6.20 Å².